The summed E-state index contributed by atoms with van der Waals surface area (Å²) in [7, 11) is 0. The van der Waals surface area contributed by atoms with E-state index < -0.39 is 18.6 Å². The van der Waals surface area contributed by atoms with Crippen LogP contribution < -0.4 is 15.4 Å². The Morgan fingerprint density at radius 3 is 2.64 bits per heavy atom. The van der Waals surface area contributed by atoms with Gasteiger partial charge in [0.2, 0.25) is 5.91 Å². The molecule has 1 spiro atoms. The van der Waals surface area contributed by atoms with Gasteiger partial charge in [0.1, 0.15) is 11.6 Å². The van der Waals surface area contributed by atoms with Gasteiger partial charge < -0.3 is 15.4 Å². The first kappa shape index (κ1) is 19.8. The van der Waals surface area contributed by atoms with E-state index in [-0.39, 0.29) is 41.1 Å². The predicted molar refractivity (Wildman–Crippen MR) is 86.5 cm³/mol. The van der Waals surface area contributed by atoms with Crippen molar-refractivity contribution in [1.82, 2.24) is 5.32 Å². The molecule has 4 nitrogen and oxygen atoms in total. The Balaban J connectivity index is 0.00000225. The summed E-state index contributed by atoms with van der Waals surface area (Å²) in [6.07, 6.45) is -1.96. The monoisotopic (exact) mass is 382 g/mol. The Labute approximate surface area is 148 Å². The minimum Gasteiger partial charge on any atom is -0.482 e. The summed E-state index contributed by atoms with van der Waals surface area (Å²) >= 11 is 0. The fourth-order valence-corrected chi connectivity index (χ4v) is 3.30. The third-order valence-corrected chi connectivity index (χ3v) is 4.70. The molecule has 0 bridgehead atoms. The van der Waals surface area contributed by atoms with Crippen LogP contribution in [0.4, 0.5) is 23.2 Å². The van der Waals surface area contributed by atoms with Crippen LogP contribution in [0.2, 0.25) is 0 Å². The Morgan fingerprint density at radius 1 is 1.32 bits per heavy atom. The lowest BCUT2D eigenvalue weighted by Gasteiger charge is -2.23. The molecule has 9 heteroatoms. The zero-order valence-corrected chi connectivity index (χ0v) is 14.1. The Morgan fingerprint density at radius 2 is 2.00 bits per heavy atom. The van der Waals surface area contributed by atoms with Crippen LogP contribution in [0.15, 0.2) is 18.2 Å². The number of piperidine rings is 1. The van der Waals surface area contributed by atoms with E-state index in [2.05, 4.69) is 15.4 Å². The van der Waals surface area contributed by atoms with E-state index in [9.17, 15) is 22.4 Å². The molecule has 1 atom stereocenters. The number of amides is 1. The predicted octanol–water partition coefficient (Wildman–Crippen LogP) is 3.52. The van der Waals surface area contributed by atoms with Crippen molar-refractivity contribution in [3.8, 4) is 5.75 Å². The van der Waals surface area contributed by atoms with Crippen LogP contribution in [0.5, 0.6) is 5.75 Å². The van der Waals surface area contributed by atoms with Crippen LogP contribution >= 0.6 is 12.4 Å². The number of rotatable bonds is 4. The number of carbonyl (C=O) groups is 1. The van der Waals surface area contributed by atoms with Crippen molar-refractivity contribution in [2.24, 2.45) is 11.3 Å². The third-order valence-electron chi connectivity index (χ3n) is 4.70. The van der Waals surface area contributed by atoms with Crippen LogP contribution in [0.1, 0.15) is 19.3 Å². The average Bonchev–Trinajstić information content (AvgIpc) is 3.19. The molecule has 1 heterocycles. The maximum atomic E-state index is 13.4. The van der Waals surface area contributed by atoms with E-state index in [1.54, 1.807) is 0 Å². The molecule has 140 valence electrons. The third kappa shape index (κ3) is 4.76. The summed E-state index contributed by atoms with van der Waals surface area (Å²) in [4.78, 5) is 12.4. The number of anilines is 1. The summed E-state index contributed by atoms with van der Waals surface area (Å²) in [6, 6.07) is 3.05. The Hall–Kier alpha value is -1.54. The molecule has 1 saturated carbocycles. The first-order valence-corrected chi connectivity index (χ1v) is 7.80. The van der Waals surface area contributed by atoms with Gasteiger partial charge in [0, 0.05) is 12.0 Å². The molecule has 0 aromatic heterocycles. The normalized spacial score (nSPS) is 21.4. The van der Waals surface area contributed by atoms with E-state index in [0.29, 0.717) is 0 Å². The van der Waals surface area contributed by atoms with Crippen molar-refractivity contribution in [3.05, 3.63) is 24.0 Å². The lowest BCUT2D eigenvalue weighted by atomic mass is 9.92. The van der Waals surface area contributed by atoms with E-state index in [1.165, 1.54) is 0 Å². The molecule has 25 heavy (non-hydrogen) atoms. The van der Waals surface area contributed by atoms with Crippen molar-refractivity contribution in [3.63, 3.8) is 0 Å². The lowest BCUT2D eigenvalue weighted by molar-refractivity contribution is -0.153. The van der Waals surface area contributed by atoms with Crippen molar-refractivity contribution >= 4 is 24.0 Å². The second kappa shape index (κ2) is 7.37. The van der Waals surface area contributed by atoms with Crippen molar-refractivity contribution in [2.45, 2.75) is 25.4 Å². The summed E-state index contributed by atoms with van der Waals surface area (Å²) < 4.78 is 55.0. The van der Waals surface area contributed by atoms with E-state index >= 15 is 0 Å². The Bertz CT molecular complexity index is 633. The van der Waals surface area contributed by atoms with Crippen LogP contribution in [0, 0.1) is 17.2 Å². The largest absolute Gasteiger partial charge is 0.482 e. The van der Waals surface area contributed by atoms with Gasteiger partial charge in [-0.1, -0.05) is 0 Å². The minimum atomic E-state index is -4.51. The van der Waals surface area contributed by atoms with Gasteiger partial charge in [0.25, 0.3) is 0 Å². The highest BCUT2D eigenvalue weighted by Crippen LogP contribution is 2.58. The van der Waals surface area contributed by atoms with Gasteiger partial charge in [-0.25, -0.2) is 4.39 Å². The van der Waals surface area contributed by atoms with Crippen molar-refractivity contribution < 1.29 is 27.1 Å². The molecule has 1 aliphatic carbocycles. The van der Waals surface area contributed by atoms with Gasteiger partial charge in [0.15, 0.2) is 6.61 Å². The highest BCUT2D eigenvalue weighted by molar-refractivity contribution is 5.96. The van der Waals surface area contributed by atoms with Crippen LogP contribution in [0.3, 0.4) is 0 Å². The molecule has 2 aliphatic rings. The maximum Gasteiger partial charge on any atom is 0.422 e. The maximum absolute atomic E-state index is 13.4. The summed E-state index contributed by atoms with van der Waals surface area (Å²) in [5, 5.41) is 5.76. The number of ether oxygens (including phenoxy) is 1. The average molecular weight is 383 g/mol. The summed E-state index contributed by atoms with van der Waals surface area (Å²) in [5.41, 5.74) is -0.0874. The number of hydrogen-bond acceptors (Lipinski definition) is 3. The highest BCUT2D eigenvalue weighted by atomic mass is 35.5. The van der Waals surface area contributed by atoms with Crippen molar-refractivity contribution in [1.29, 1.82) is 0 Å². The van der Waals surface area contributed by atoms with Gasteiger partial charge in [0.05, 0.1) is 5.69 Å². The van der Waals surface area contributed by atoms with Gasteiger partial charge in [-0.2, -0.15) is 13.2 Å². The lowest BCUT2D eigenvalue weighted by Crippen LogP contribution is -2.31. The minimum absolute atomic E-state index is 0. The molecule has 1 aromatic rings. The molecule has 0 radical (unpaired) electrons. The van der Waals surface area contributed by atoms with E-state index in [0.717, 1.165) is 50.6 Å². The number of alkyl halides is 3. The topological polar surface area (TPSA) is 50.4 Å². The molecular formula is C16H19ClF4N2O2. The first-order valence-electron chi connectivity index (χ1n) is 7.80. The number of hydrogen-bond donors (Lipinski definition) is 2. The van der Waals surface area contributed by atoms with Crippen LogP contribution in [-0.4, -0.2) is 31.8 Å². The number of halogens is 5. The van der Waals surface area contributed by atoms with Gasteiger partial charge >= 0.3 is 6.18 Å². The molecule has 1 amide bonds. The summed E-state index contributed by atoms with van der Waals surface area (Å²) in [5.74, 6) is -1.32. The van der Waals surface area contributed by atoms with Gasteiger partial charge in [-0.3, -0.25) is 4.79 Å². The molecule has 1 aromatic carbocycles. The van der Waals surface area contributed by atoms with Crippen LogP contribution in [-0.2, 0) is 4.79 Å². The second-order valence-corrected chi connectivity index (χ2v) is 6.40. The SMILES string of the molecule is Cl.O=C(Nc1cc(F)ccc1OCC(F)(F)F)C1CC12CCNCC2. The molecule has 1 unspecified atom stereocenters. The fourth-order valence-electron chi connectivity index (χ4n) is 3.30. The molecular weight excluding hydrogens is 364 g/mol. The number of benzene rings is 1. The quantitative estimate of drug-likeness (QED) is 0.783. The zero-order valence-electron chi connectivity index (χ0n) is 13.3. The molecule has 1 saturated heterocycles. The fraction of sp³-hybridized carbons (Fsp3) is 0.562. The van der Waals surface area contributed by atoms with Gasteiger partial charge in [-0.15, -0.1) is 12.4 Å². The van der Waals surface area contributed by atoms with E-state index in [4.69, 9.17) is 0 Å². The smallest absolute Gasteiger partial charge is 0.422 e. The van der Waals surface area contributed by atoms with Crippen molar-refractivity contribution in [2.75, 3.05) is 25.0 Å². The molecule has 2 N–H and O–H groups in total. The van der Waals surface area contributed by atoms with Crippen LogP contribution in [0.25, 0.3) is 0 Å². The standard InChI is InChI=1S/C16H18F4N2O2.ClH/c17-10-1-2-13(24-9-16(18,19)20)12(7-10)22-14(23)11-8-15(11)3-5-21-6-4-15;/h1-2,7,11,21H,3-6,8-9H2,(H,22,23);1H. The summed E-state index contributed by atoms with van der Waals surface area (Å²) in [6.45, 7) is 0.202. The first-order chi connectivity index (χ1) is 11.3. The van der Waals surface area contributed by atoms with Gasteiger partial charge in [-0.05, 0) is 49.9 Å². The highest BCUT2D eigenvalue weighted by Gasteiger charge is 2.57. The second-order valence-electron chi connectivity index (χ2n) is 6.40. The molecule has 2 fully saturated rings. The van der Waals surface area contributed by atoms with E-state index in [1.807, 2.05) is 0 Å². The Kier molecular flexibility index (Phi) is 5.83. The molecule has 3 rings (SSSR count). The molecule has 1 aliphatic heterocycles. The zero-order chi connectivity index (χ0) is 17.4. The number of carbonyl (C=O) groups excluding carboxylic acids is 1. The number of nitrogens with one attached hydrogen (secondary N) is 2.